The first-order valence-electron chi connectivity index (χ1n) is 6.31. The van der Waals surface area contributed by atoms with Crippen molar-refractivity contribution >= 4 is 10.0 Å². The van der Waals surface area contributed by atoms with Crippen LogP contribution in [-0.2, 0) is 10.0 Å². The summed E-state index contributed by atoms with van der Waals surface area (Å²) in [6, 6.07) is 6.29. The van der Waals surface area contributed by atoms with Gasteiger partial charge < -0.3 is 10.5 Å². The number of benzene rings is 1. The molecule has 2 N–H and O–H groups in total. The van der Waals surface area contributed by atoms with Gasteiger partial charge in [0.25, 0.3) is 0 Å². The van der Waals surface area contributed by atoms with Crippen LogP contribution in [0.4, 0.5) is 0 Å². The van der Waals surface area contributed by atoms with E-state index in [1.807, 2.05) is 6.07 Å². The first-order valence-corrected chi connectivity index (χ1v) is 7.75. The van der Waals surface area contributed by atoms with Crippen LogP contribution in [0.15, 0.2) is 23.1 Å². The zero-order valence-corrected chi connectivity index (χ0v) is 12.1. The molecule has 1 aromatic carbocycles. The molecule has 20 heavy (non-hydrogen) atoms. The van der Waals surface area contributed by atoms with E-state index in [9.17, 15) is 8.42 Å². The highest BCUT2D eigenvalue weighted by Gasteiger charge is 2.33. The van der Waals surface area contributed by atoms with E-state index in [-0.39, 0.29) is 16.6 Å². The van der Waals surface area contributed by atoms with Crippen LogP contribution < -0.4 is 10.5 Å². The maximum absolute atomic E-state index is 12.6. The van der Waals surface area contributed by atoms with E-state index in [1.54, 1.807) is 0 Å². The van der Waals surface area contributed by atoms with Crippen molar-refractivity contribution in [3.8, 4) is 11.8 Å². The molecule has 1 atom stereocenters. The normalized spacial score (nSPS) is 19.8. The molecule has 2 rings (SSSR count). The minimum atomic E-state index is -3.61. The molecule has 0 bridgehead atoms. The molecule has 1 unspecified atom stereocenters. The largest absolute Gasteiger partial charge is 0.495 e. The average Bonchev–Trinajstić information content (AvgIpc) is 2.96. The molecule has 1 aliphatic rings. The Bertz CT molecular complexity index is 637. The molecule has 1 saturated heterocycles. The molecule has 108 valence electrons. The highest BCUT2D eigenvalue weighted by Crippen LogP contribution is 2.30. The van der Waals surface area contributed by atoms with Gasteiger partial charge in [0.05, 0.1) is 18.7 Å². The standard InChI is InChI=1S/C13H17N3O3S/c1-19-12-6-10(7-14)2-3-13(12)20(17,18)16-5-4-11(8-15)9-16/h2-3,6,11H,4-5,8-9,15H2,1H3. The number of nitrogens with zero attached hydrogens (tertiary/aromatic N) is 2. The minimum Gasteiger partial charge on any atom is -0.495 e. The second-order valence-corrected chi connectivity index (χ2v) is 6.64. The van der Waals surface area contributed by atoms with Gasteiger partial charge in [0.1, 0.15) is 10.6 Å². The Labute approximate surface area is 118 Å². The van der Waals surface area contributed by atoms with Gasteiger partial charge in [0.2, 0.25) is 10.0 Å². The van der Waals surface area contributed by atoms with Crippen LogP contribution in [0.25, 0.3) is 0 Å². The van der Waals surface area contributed by atoms with E-state index in [0.717, 1.165) is 6.42 Å². The van der Waals surface area contributed by atoms with Gasteiger partial charge in [0, 0.05) is 13.1 Å². The van der Waals surface area contributed by atoms with Crippen LogP contribution >= 0.6 is 0 Å². The maximum Gasteiger partial charge on any atom is 0.246 e. The average molecular weight is 295 g/mol. The van der Waals surface area contributed by atoms with Crippen molar-refractivity contribution in [2.45, 2.75) is 11.3 Å². The molecule has 1 heterocycles. The predicted molar refractivity (Wildman–Crippen MR) is 73.6 cm³/mol. The highest BCUT2D eigenvalue weighted by molar-refractivity contribution is 7.89. The topological polar surface area (TPSA) is 96.4 Å². The molecule has 0 aliphatic carbocycles. The molecular formula is C13H17N3O3S. The number of hydrogen-bond acceptors (Lipinski definition) is 5. The third-order valence-electron chi connectivity index (χ3n) is 3.49. The lowest BCUT2D eigenvalue weighted by molar-refractivity contribution is 0.397. The Hall–Kier alpha value is -1.62. The van der Waals surface area contributed by atoms with Crippen molar-refractivity contribution < 1.29 is 13.2 Å². The van der Waals surface area contributed by atoms with E-state index < -0.39 is 10.0 Å². The lowest BCUT2D eigenvalue weighted by Crippen LogP contribution is -2.30. The Morgan fingerprint density at radius 1 is 1.55 bits per heavy atom. The molecule has 0 saturated carbocycles. The summed E-state index contributed by atoms with van der Waals surface area (Å²) in [5.74, 6) is 0.398. The molecule has 1 aliphatic heterocycles. The van der Waals surface area contributed by atoms with Crippen LogP contribution in [0, 0.1) is 17.2 Å². The lowest BCUT2D eigenvalue weighted by atomic mass is 10.1. The van der Waals surface area contributed by atoms with E-state index in [0.29, 0.717) is 25.2 Å². The predicted octanol–water partition coefficient (Wildman–Crippen LogP) is 0.536. The lowest BCUT2D eigenvalue weighted by Gasteiger charge is -2.18. The van der Waals surface area contributed by atoms with Gasteiger partial charge in [-0.15, -0.1) is 0 Å². The third kappa shape index (κ3) is 2.63. The second-order valence-electron chi connectivity index (χ2n) is 4.73. The zero-order valence-electron chi connectivity index (χ0n) is 11.2. The Morgan fingerprint density at radius 3 is 2.85 bits per heavy atom. The Balaban J connectivity index is 2.38. The Kier molecular flexibility index (Phi) is 4.28. The number of nitrogens with two attached hydrogens (primary N) is 1. The highest BCUT2D eigenvalue weighted by atomic mass is 32.2. The van der Waals surface area contributed by atoms with E-state index >= 15 is 0 Å². The van der Waals surface area contributed by atoms with Gasteiger partial charge in [-0.3, -0.25) is 0 Å². The van der Waals surface area contributed by atoms with Crippen molar-refractivity contribution in [3.05, 3.63) is 23.8 Å². The second kappa shape index (κ2) is 5.79. The smallest absolute Gasteiger partial charge is 0.246 e. The number of nitriles is 1. The zero-order chi connectivity index (χ0) is 14.8. The monoisotopic (exact) mass is 295 g/mol. The summed E-state index contributed by atoms with van der Waals surface area (Å²) in [6.07, 6.45) is 0.772. The molecule has 1 fully saturated rings. The summed E-state index contributed by atoms with van der Waals surface area (Å²) in [7, 11) is -2.22. The number of rotatable bonds is 4. The van der Waals surface area contributed by atoms with Crippen LogP contribution in [0.1, 0.15) is 12.0 Å². The molecule has 0 spiro atoms. The molecule has 1 aromatic rings. The van der Waals surface area contributed by atoms with Crippen molar-refractivity contribution in [3.63, 3.8) is 0 Å². The molecule has 6 nitrogen and oxygen atoms in total. The third-order valence-corrected chi connectivity index (χ3v) is 5.40. The first kappa shape index (κ1) is 14.8. The molecule has 0 aromatic heterocycles. The van der Waals surface area contributed by atoms with Gasteiger partial charge in [-0.05, 0) is 37.1 Å². The molecule has 0 radical (unpaired) electrons. The van der Waals surface area contributed by atoms with Crippen LogP contribution in [0.5, 0.6) is 5.75 Å². The fourth-order valence-electron chi connectivity index (χ4n) is 2.30. The minimum absolute atomic E-state index is 0.0941. The van der Waals surface area contributed by atoms with Gasteiger partial charge in [-0.25, -0.2) is 8.42 Å². The number of ether oxygens (including phenoxy) is 1. The van der Waals surface area contributed by atoms with Gasteiger partial charge in [-0.1, -0.05) is 0 Å². The van der Waals surface area contributed by atoms with E-state index in [2.05, 4.69) is 0 Å². The summed E-state index contributed by atoms with van der Waals surface area (Å²) in [5.41, 5.74) is 5.95. The van der Waals surface area contributed by atoms with Crippen molar-refractivity contribution in [1.29, 1.82) is 5.26 Å². The molecule has 7 heteroatoms. The summed E-state index contributed by atoms with van der Waals surface area (Å²) >= 11 is 0. The quantitative estimate of drug-likeness (QED) is 0.874. The van der Waals surface area contributed by atoms with Crippen LogP contribution in [-0.4, -0.2) is 39.5 Å². The van der Waals surface area contributed by atoms with Gasteiger partial charge >= 0.3 is 0 Å². The fraction of sp³-hybridized carbons (Fsp3) is 0.462. The SMILES string of the molecule is COc1cc(C#N)ccc1S(=O)(=O)N1CCC(CN)C1. The van der Waals surface area contributed by atoms with Crippen molar-refractivity contribution in [2.75, 3.05) is 26.7 Å². The van der Waals surface area contributed by atoms with E-state index in [1.165, 1.54) is 29.6 Å². The van der Waals surface area contributed by atoms with Crippen LogP contribution in [0.3, 0.4) is 0 Å². The summed E-state index contributed by atoms with van der Waals surface area (Å²) < 4.78 is 31.7. The van der Waals surface area contributed by atoms with E-state index in [4.69, 9.17) is 15.7 Å². The summed E-state index contributed by atoms with van der Waals surface area (Å²) in [5, 5.41) is 8.85. The fourth-order valence-corrected chi connectivity index (χ4v) is 3.96. The Morgan fingerprint density at radius 2 is 2.30 bits per heavy atom. The van der Waals surface area contributed by atoms with Crippen molar-refractivity contribution in [1.82, 2.24) is 4.31 Å². The summed E-state index contributed by atoms with van der Waals surface area (Å²) in [6.45, 7) is 1.38. The summed E-state index contributed by atoms with van der Waals surface area (Å²) in [4.78, 5) is 0.0941. The van der Waals surface area contributed by atoms with Crippen molar-refractivity contribution in [2.24, 2.45) is 11.7 Å². The van der Waals surface area contributed by atoms with Gasteiger partial charge in [-0.2, -0.15) is 9.57 Å². The maximum atomic E-state index is 12.6. The first-order chi connectivity index (χ1) is 9.52. The number of hydrogen-bond donors (Lipinski definition) is 1. The van der Waals surface area contributed by atoms with Crippen LogP contribution in [0.2, 0.25) is 0 Å². The molecular weight excluding hydrogens is 278 g/mol. The van der Waals surface area contributed by atoms with Gasteiger partial charge in [0.15, 0.2) is 0 Å². The molecule has 0 amide bonds. The number of methoxy groups -OCH3 is 1. The number of sulfonamides is 1.